The van der Waals surface area contributed by atoms with Crippen LogP contribution in [0.15, 0.2) is 0 Å². The van der Waals surface area contributed by atoms with Crippen LogP contribution in [0.5, 0.6) is 0 Å². The van der Waals surface area contributed by atoms with Crippen LogP contribution in [0.1, 0.15) is 39.0 Å². The maximum absolute atomic E-state index is 11.9. The molecule has 0 bridgehead atoms. The molecule has 1 unspecified atom stereocenters. The standard InChI is InChI=1S/C12H22BrNO2/c1-2-3-4-5-6-12(15)14-7-8-16-11(9-13)10-14/h11H,2-10H2,1H3. The number of carbonyl (C=O) groups is 1. The molecule has 1 aliphatic heterocycles. The van der Waals surface area contributed by atoms with E-state index in [1.54, 1.807) is 0 Å². The smallest absolute Gasteiger partial charge is 0.222 e. The van der Waals surface area contributed by atoms with Crippen LogP contribution in [0.2, 0.25) is 0 Å². The van der Waals surface area contributed by atoms with Crippen LogP contribution in [0.4, 0.5) is 0 Å². The Morgan fingerprint density at radius 3 is 2.94 bits per heavy atom. The molecule has 1 aliphatic rings. The molecular weight excluding hydrogens is 270 g/mol. The summed E-state index contributed by atoms with van der Waals surface area (Å²) in [6, 6.07) is 0. The van der Waals surface area contributed by atoms with Crippen molar-refractivity contribution in [3.63, 3.8) is 0 Å². The second-order valence-electron chi connectivity index (χ2n) is 4.30. The molecule has 16 heavy (non-hydrogen) atoms. The first kappa shape index (κ1) is 14.0. The highest BCUT2D eigenvalue weighted by atomic mass is 79.9. The number of amides is 1. The molecule has 1 amide bonds. The molecule has 0 aromatic rings. The molecule has 0 saturated carbocycles. The molecule has 0 aromatic carbocycles. The Kier molecular flexibility index (Phi) is 7.05. The van der Waals surface area contributed by atoms with Crippen LogP contribution in [-0.2, 0) is 9.53 Å². The van der Waals surface area contributed by atoms with Crippen LogP contribution in [0, 0.1) is 0 Å². The van der Waals surface area contributed by atoms with Gasteiger partial charge in [-0.25, -0.2) is 0 Å². The van der Waals surface area contributed by atoms with Crippen molar-refractivity contribution in [3.05, 3.63) is 0 Å². The first-order valence-corrected chi connectivity index (χ1v) is 7.35. The Morgan fingerprint density at radius 2 is 2.25 bits per heavy atom. The predicted molar refractivity (Wildman–Crippen MR) is 68.9 cm³/mol. The maximum Gasteiger partial charge on any atom is 0.222 e. The molecule has 94 valence electrons. The molecule has 1 atom stereocenters. The van der Waals surface area contributed by atoms with Gasteiger partial charge in [-0.1, -0.05) is 42.1 Å². The summed E-state index contributed by atoms with van der Waals surface area (Å²) in [5.74, 6) is 0.297. The number of halogens is 1. The lowest BCUT2D eigenvalue weighted by molar-refractivity contribution is -0.138. The first-order valence-electron chi connectivity index (χ1n) is 6.23. The van der Waals surface area contributed by atoms with E-state index in [-0.39, 0.29) is 6.10 Å². The van der Waals surface area contributed by atoms with Gasteiger partial charge in [-0.05, 0) is 6.42 Å². The normalized spacial score (nSPS) is 21.1. The zero-order chi connectivity index (χ0) is 11.8. The molecule has 0 radical (unpaired) electrons. The molecule has 0 N–H and O–H groups in total. The van der Waals surface area contributed by atoms with E-state index in [2.05, 4.69) is 22.9 Å². The monoisotopic (exact) mass is 291 g/mol. The number of rotatable bonds is 6. The molecule has 0 spiro atoms. The van der Waals surface area contributed by atoms with E-state index in [4.69, 9.17) is 4.74 Å². The average Bonchev–Trinajstić information content (AvgIpc) is 2.34. The number of alkyl halides is 1. The number of morpholine rings is 1. The minimum absolute atomic E-state index is 0.174. The summed E-state index contributed by atoms with van der Waals surface area (Å²) in [5, 5.41) is 0.812. The highest BCUT2D eigenvalue weighted by Crippen LogP contribution is 2.11. The lowest BCUT2D eigenvalue weighted by atomic mass is 10.1. The summed E-state index contributed by atoms with van der Waals surface area (Å²) in [5.41, 5.74) is 0. The lowest BCUT2D eigenvalue weighted by Gasteiger charge is -2.32. The Morgan fingerprint density at radius 1 is 1.44 bits per heavy atom. The minimum Gasteiger partial charge on any atom is -0.374 e. The van der Waals surface area contributed by atoms with Crippen LogP contribution >= 0.6 is 15.9 Å². The average molecular weight is 292 g/mol. The summed E-state index contributed by atoms with van der Waals surface area (Å²) in [7, 11) is 0. The summed E-state index contributed by atoms with van der Waals surface area (Å²) < 4.78 is 5.51. The Balaban J connectivity index is 2.19. The molecule has 1 heterocycles. The Hall–Kier alpha value is -0.0900. The minimum atomic E-state index is 0.174. The maximum atomic E-state index is 11.9. The third-order valence-electron chi connectivity index (χ3n) is 2.91. The van der Waals surface area contributed by atoms with Crippen molar-refractivity contribution in [2.45, 2.75) is 45.1 Å². The van der Waals surface area contributed by atoms with E-state index >= 15 is 0 Å². The highest BCUT2D eigenvalue weighted by molar-refractivity contribution is 9.09. The number of ether oxygens (including phenoxy) is 1. The van der Waals surface area contributed by atoms with Crippen molar-refractivity contribution in [2.75, 3.05) is 25.0 Å². The molecule has 0 aromatic heterocycles. The number of nitrogens with zero attached hydrogens (tertiary/aromatic N) is 1. The molecule has 4 heteroatoms. The number of hydrogen-bond donors (Lipinski definition) is 0. The second-order valence-corrected chi connectivity index (χ2v) is 4.94. The van der Waals surface area contributed by atoms with Crippen LogP contribution < -0.4 is 0 Å². The van der Waals surface area contributed by atoms with Crippen LogP contribution in [0.3, 0.4) is 0 Å². The number of carbonyl (C=O) groups excluding carboxylic acids is 1. The van der Waals surface area contributed by atoms with Crippen LogP contribution in [-0.4, -0.2) is 41.9 Å². The number of unbranched alkanes of at least 4 members (excludes halogenated alkanes) is 3. The fraction of sp³-hybridized carbons (Fsp3) is 0.917. The van der Waals surface area contributed by atoms with Crippen molar-refractivity contribution >= 4 is 21.8 Å². The fourth-order valence-electron chi connectivity index (χ4n) is 1.90. The molecule has 1 saturated heterocycles. The summed E-state index contributed by atoms with van der Waals surface area (Å²) in [4.78, 5) is 13.8. The largest absolute Gasteiger partial charge is 0.374 e. The molecule has 1 fully saturated rings. The van der Waals surface area contributed by atoms with Gasteiger partial charge in [-0.3, -0.25) is 4.79 Å². The predicted octanol–water partition coefficient (Wildman–Crippen LogP) is 2.58. The van der Waals surface area contributed by atoms with Crippen molar-refractivity contribution in [3.8, 4) is 0 Å². The molecule has 3 nitrogen and oxygen atoms in total. The van der Waals surface area contributed by atoms with Gasteiger partial charge in [0.1, 0.15) is 0 Å². The topological polar surface area (TPSA) is 29.5 Å². The van der Waals surface area contributed by atoms with Crippen molar-refractivity contribution in [1.29, 1.82) is 0 Å². The second kappa shape index (κ2) is 8.07. The zero-order valence-electron chi connectivity index (χ0n) is 10.1. The zero-order valence-corrected chi connectivity index (χ0v) is 11.7. The highest BCUT2D eigenvalue weighted by Gasteiger charge is 2.22. The molecular formula is C12H22BrNO2. The van der Waals surface area contributed by atoms with E-state index in [0.717, 1.165) is 24.8 Å². The third-order valence-corrected chi connectivity index (χ3v) is 3.63. The summed E-state index contributed by atoms with van der Waals surface area (Å²) >= 11 is 3.40. The van der Waals surface area contributed by atoms with Gasteiger partial charge in [0.05, 0.1) is 12.7 Å². The van der Waals surface area contributed by atoms with Crippen LogP contribution in [0.25, 0.3) is 0 Å². The van der Waals surface area contributed by atoms with Gasteiger partial charge in [-0.15, -0.1) is 0 Å². The number of hydrogen-bond acceptors (Lipinski definition) is 2. The molecule has 1 rings (SSSR count). The fourth-order valence-corrected chi connectivity index (χ4v) is 2.29. The van der Waals surface area contributed by atoms with Crippen molar-refractivity contribution in [2.24, 2.45) is 0 Å². The van der Waals surface area contributed by atoms with Gasteiger partial charge >= 0.3 is 0 Å². The summed E-state index contributed by atoms with van der Waals surface area (Å²) in [6.07, 6.45) is 5.54. The van der Waals surface area contributed by atoms with Gasteiger partial charge < -0.3 is 9.64 Å². The Bertz CT molecular complexity index is 211. The van der Waals surface area contributed by atoms with Gasteiger partial charge in [0.2, 0.25) is 5.91 Å². The van der Waals surface area contributed by atoms with Crippen molar-refractivity contribution in [1.82, 2.24) is 4.90 Å². The summed E-state index contributed by atoms with van der Waals surface area (Å²) in [6.45, 7) is 4.37. The van der Waals surface area contributed by atoms with E-state index in [0.29, 0.717) is 18.9 Å². The lowest BCUT2D eigenvalue weighted by Crippen LogP contribution is -2.46. The van der Waals surface area contributed by atoms with E-state index in [9.17, 15) is 4.79 Å². The Labute approximate surface area is 107 Å². The van der Waals surface area contributed by atoms with Gasteiger partial charge in [0.25, 0.3) is 0 Å². The van der Waals surface area contributed by atoms with E-state index in [1.165, 1.54) is 19.3 Å². The SMILES string of the molecule is CCCCCCC(=O)N1CCOC(CBr)C1. The van der Waals surface area contributed by atoms with Gasteiger partial charge in [0, 0.05) is 24.8 Å². The van der Waals surface area contributed by atoms with E-state index < -0.39 is 0 Å². The third kappa shape index (κ3) is 4.83. The van der Waals surface area contributed by atoms with Gasteiger partial charge in [0.15, 0.2) is 0 Å². The molecule has 0 aliphatic carbocycles. The first-order chi connectivity index (χ1) is 7.77. The van der Waals surface area contributed by atoms with Crippen molar-refractivity contribution < 1.29 is 9.53 Å². The van der Waals surface area contributed by atoms with E-state index in [1.807, 2.05) is 4.90 Å². The quantitative estimate of drug-likeness (QED) is 0.556. The van der Waals surface area contributed by atoms with Gasteiger partial charge in [-0.2, -0.15) is 0 Å².